The number of aromatic nitrogens is 4. The number of hydrogen-bond acceptors (Lipinski definition) is 4. The Balaban J connectivity index is 1.27. The number of rotatable bonds is 16. The van der Waals surface area contributed by atoms with Crippen LogP contribution in [0.2, 0.25) is 0 Å². The number of pyridine rings is 1. The van der Waals surface area contributed by atoms with Gasteiger partial charge in [-0.2, -0.15) is 0 Å². The molecular weight excluding hydrogens is 645 g/mol. The normalized spacial score (nSPS) is 17.6. The molecule has 0 aliphatic heterocycles. The smallest absolute Gasteiger partial charge is 0.164 e. The Morgan fingerprint density at radius 3 is 1.85 bits per heavy atom. The summed E-state index contributed by atoms with van der Waals surface area (Å²) in [5.41, 5.74) is 8.81. The van der Waals surface area contributed by atoms with E-state index in [4.69, 9.17) is 19.9 Å². The predicted molar refractivity (Wildman–Crippen MR) is 224 cm³/mol. The van der Waals surface area contributed by atoms with Crippen molar-refractivity contribution in [3.63, 3.8) is 0 Å². The van der Waals surface area contributed by atoms with Crippen LogP contribution in [0.3, 0.4) is 0 Å². The van der Waals surface area contributed by atoms with E-state index in [1.807, 2.05) is 6.20 Å². The van der Waals surface area contributed by atoms with Crippen LogP contribution in [0.1, 0.15) is 187 Å². The van der Waals surface area contributed by atoms with Crippen LogP contribution >= 0.6 is 0 Å². The van der Waals surface area contributed by atoms with Gasteiger partial charge >= 0.3 is 0 Å². The van der Waals surface area contributed by atoms with Gasteiger partial charge < -0.3 is 0 Å². The van der Waals surface area contributed by atoms with Crippen LogP contribution in [-0.4, -0.2) is 19.9 Å². The number of nitrogens with zero attached hydrogens (tertiary/aromatic N) is 4. The molecule has 0 bridgehead atoms. The number of fused-ring (bicyclic) bond motifs is 3. The molecule has 53 heavy (non-hydrogen) atoms. The maximum atomic E-state index is 5.07. The molecule has 2 aliphatic rings. The van der Waals surface area contributed by atoms with Gasteiger partial charge in [0, 0.05) is 33.6 Å². The second-order valence-electron chi connectivity index (χ2n) is 18.6. The molecule has 4 heteroatoms. The number of unbranched alkanes of at least 4 members (excludes halogenated alkanes) is 8. The van der Waals surface area contributed by atoms with Crippen molar-refractivity contribution >= 4 is 0 Å². The van der Waals surface area contributed by atoms with Gasteiger partial charge in [0.2, 0.25) is 0 Å². The lowest BCUT2D eigenvalue weighted by Gasteiger charge is -2.33. The van der Waals surface area contributed by atoms with Crippen LogP contribution in [0, 0.1) is 5.92 Å². The summed E-state index contributed by atoms with van der Waals surface area (Å²) in [4.78, 5) is 19.8. The summed E-state index contributed by atoms with van der Waals surface area (Å²) in [5.74, 6) is 3.34. The van der Waals surface area contributed by atoms with Crippen molar-refractivity contribution in [2.24, 2.45) is 5.92 Å². The summed E-state index contributed by atoms with van der Waals surface area (Å²) >= 11 is 0. The zero-order chi connectivity index (χ0) is 37.5. The standard InChI is InChI=1S/C49H68N4/c1-8-9-10-11-13-21-32-49(33-22-14-12-16-23-36-24-17-15-18-25-36)41-27-20-19-26-39(41)40-30-28-37(34-42(40)49)43-31-29-38(35-50-43)44-51-45(47(2,3)4)53-46(52-44)48(5,6)7/h19-20,26-31,34-36H,8-18,21-25,32-33H2,1-7H3. The highest BCUT2D eigenvalue weighted by Crippen LogP contribution is 2.55. The van der Waals surface area contributed by atoms with Crippen LogP contribution in [0.5, 0.6) is 0 Å². The van der Waals surface area contributed by atoms with Gasteiger partial charge in [0.25, 0.3) is 0 Å². The lowest BCUT2D eigenvalue weighted by atomic mass is 9.70. The Hall–Kier alpha value is -3.40. The molecule has 0 N–H and O–H groups in total. The molecule has 4 aromatic rings. The molecule has 0 amide bonds. The quantitative estimate of drug-likeness (QED) is 0.109. The highest BCUT2D eigenvalue weighted by molar-refractivity contribution is 5.83. The van der Waals surface area contributed by atoms with E-state index in [-0.39, 0.29) is 16.2 Å². The molecule has 2 aromatic heterocycles. The molecule has 284 valence electrons. The van der Waals surface area contributed by atoms with E-state index in [0.29, 0.717) is 5.82 Å². The number of hydrogen-bond donors (Lipinski definition) is 0. The Labute approximate surface area is 322 Å². The first-order chi connectivity index (χ1) is 25.5. The first kappa shape index (κ1) is 39.3. The SMILES string of the molecule is CCCCCCCCC1(CCCCCCC2CCCCC2)c2ccccc2-c2ccc(-c3ccc(-c4nc(C(C)(C)C)nc(C(C)(C)C)n4)cn3)cc21. The van der Waals surface area contributed by atoms with Gasteiger partial charge in [-0.15, -0.1) is 0 Å². The largest absolute Gasteiger partial charge is 0.255 e. The van der Waals surface area contributed by atoms with E-state index in [2.05, 4.69) is 103 Å². The highest BCUT2D eigenvalue weighted by atomic mass is 15.1. The van der Waals surface area contributed by atoms with Crippen LogP contribution in [0.15, 0.2) is 60.8 Å². The van der Waals surface area contributed by atoms with E-state index in [0.717, 1.165) is 28.8 Å². The molecular formula is C49H68N4. The zero-order valence-corrected chi connectivity index (χ0v) is 34.4. The molecule has 2 heterocycles. The third kappa shape index (κ3) is 9.46. The lowest BCUT2D eigenvalue weighted by Crippen LogP contribution is -2.25. The van der Waals surface area contributed by atoms with Gasteiger partial charge in [0.1, 0.15) is 11.6 Å². The van der Waals surface area contributed by atoms with Gasteiger partial charge in [-0.05, 0) is 59.2 Å². The Morgan fingerprint density at radius 1 is 0.604 bits per heavy atom. The molecule has 2 aliphatic carbocycles. The topological polar surface area (TPSA) is 51.6 Å². The Bertz CT molecular complexity index is 1740. The first-order valence-electron chi connectivity index (χ1n) is 21.5. The Kier molecular flexibility index (Phi) is 12.9. The average Bonchev–Trinajstić information content (AvgIpc) is 3.43. The minimum absolute atomic E-state index is 0.0631. The van der Waals surface area contributed by atoms with E-state index >= 15 is 0 Å². The Morgan fingerprint density at radius 2 is 1.21 bits per heavy atom. The van der Waals surface area contributed by atoms with Crippen molar-refractivity contribution in [1.82, 2.24) is 19.9 Å². The summed E-state index contributed by atoms with van der Waals surface area (Å²) in [5, 5.41) is 0. The van der Waals surface area contributed by atoms with E-state index in [1.54, 1.807) is 5.56 Å². The molecule has 1 saturated carbocycles. The summed E-state index contributed by atoms with van der Waals surface area (Å²) < 4.78 is 0. The highest BCUT2D eigenvalue weighted by Gasteiger charge is 2.42. The minimum atomic E-state index is -0.177. The molecule has 0 spiro atoms. The van der Waals surface area contributed by atoms with Gasteiger partial charge in [0.15, 0.2) is 5.82 Å². The van der Waals surface area contributed by atoms with Gasteiger partial charge in [0.05, 0.1) is 5.69 Å². The third-order valence-corrected chi connectivity index (χ3v) is 12.2. The first-order valence-corrected chi connectivity index (χ1v) is 21.5. The fraction of sp³-hybridized carbons (Fsp3) is 0.592. The summed E-state index contributed by atoms with van der Waals surface area (Å²) in [6, 6.07) is 20.9. The van der Waals surface area contributed by atoms with Crippen molar-refractivity contribution in [1.29, 1.82) is 0 Å². The van der Waals surface area contributed by atoms with E-state index in [9.17, 15) is 0 Å². The number of benzene rings is 2. The summed E-state index contributed by atoms with van der Waals surface area (Å²) in [6.45, 7) is 15.3. The fourth-order valence-corrected chi connectivity index (χ4v) is 9.05. The third-order valence-electron chi connectivity index (χ3n) is 12.2. The maximum absolute atomic E-state index is 5.07. The van der Waals surface area contributed by atoms with Crippen LogP contribution in [0.25, 0.3) is 33.8 Å². The second kappa shape index (κ2) is 17.4. The van der Waals surface area contributed by atoms with Crippen LogP contribution < -0.4 is 0 Å². The molecule has 1 atom stereocenters. The summed E-state index contributed by atoms with van der Waals surface area (Å²) in [7, 11) is 0. The maximum Gasteiger partial charge on any atom is 0.164 e. The fourth-order valence-electron chi connectivity index (χ4n) is 9.05. The van der Waals surface area contributed by atoms with Gasteiger partial charge in [-0.1, -0.05) is 188 Å². The van der Waals surface area contributed by atoms with Crippen molar-refractivity contribution in [2.45, 2.75) is 180 Å². The lowest BCUT2D eigenvalue weighted by molar-refractivity contribution is 0.326. The zero-order valence-electron chi connectivity index (χ0n) is 34.4. The predicted octanol–water partition coefficient (Wildman–Crippen LogP) is 14.1. The molecule has 4 nitrogen and oxygen atoms in total. The average molecular weight is 713 g/mol. The van der Waals surface area contributed by atoms with Crippen molar-refractivity contribution in [2.75, 3.05) is 0 Å². The van der Waals surface area contributed by atoms with E-state index in [1.165, 1.54) is 138 Å². The van der Waals surface area contributed by atoms with Crippen molar-refractivity contribution in [3.8, 4) is 33.8 Å². The minimum Gasteiger partial charge on any atom is -0.255 e. The molecule has 6 rings (SSSR count). The molecule has 0 saturated heterocycles. The van der Waals surface area contributed by atoms with Crippen LogP contribution in [0.4, 0.5) is 0 Å². The summed E-state index contributed by atoms with van der Waals surface area (Å²) in [6.07, 6.45) is 26.6. The van der Waals surface area contributed by atoms with E-state index < -0.39 is 0 Å². The second-order valence-corrected chi connectivity index (χ2v) is 18.6. The molecule has 1 unspecified atom stereocenters. The molecule has 2 aromatic carbocycles. The van der Waals surface area contributed by atoms with Crippen LogP contribution in [-0.2, 0) is 16.2 Å². The van der Waals surface area contributed by atoms with Gasteiger partial charge in [-0.3, -0.25) is 4.98 Å². The molecule has 1 fully saturated rings. The van der Waals surface area contributed by atoms with Gasteiger partial charge in [-0.25, -0.2) is 15.0 Å². The van der Waals surface area contributed by atoms with Crippen molar-refractivity contribution in [3.05, 3.63) is 83.6 Å². The monoisotopic (exact) mass is 713 g/mol. The van der Waals surface area contributed by atoms with Crippen molar-refractivity contribution < 1.29 is 0 Å². The molecule has 0 radical (unpaired) electrons.